The van der Waals surface area contributed by atoms with Crippen LogP contribution >= 0.6 is 11.3 Å². The van der Waals surface area contributed by atoms with Crippen LogP contribution < -0.4 is 0 Å². The molecule has 0 bridgehead atoms. The summed E-state index contributed by atoms with van der Waals surface area (Å²) in [5.74, 6) is -0.994. The number of hydrogen-bond donors (Lipinski definition) is 1. The van der Waals surface area contributed by atoms with Gasteiger partial charge in [-0.1, -0.05) is 31.2 Å². The van der Waals surface area contributed by atoms with Gasteiger partial charge in [0.25, 0.3) is 0 Å². The Morgan fingerprint density at radius 1 is 1.40 bits per heavy atom. The molecule has 4 nitrogen and oxygen atoms in total. The first kappa shape index (κ1) is 14.7. The molecule has 0 radical (unpaired) electrons. The Hall–Kier alpha value is -1.72. The van der Waals surface area contributed by atoms with Crippen LogP contribution in [0.5, 0.6) is 0 Å². The normalized spacial score (nSPS) is 12.3. The zero-order chi connectivity index (χ0) is 14.5. The number of aromatic carboxylic acids is 1. The van der Waals surface area contributed by atoms with E-state index >= 15 is 0 Å². The Bertz CT molecular complexity index is 577. The van der Waals surface area contributed by atoms with Gasteiger partial charge in [-0.05, 0) is 18.9 Å². The molecule has 0 saturated carbocycles. The third-order valence-corrected chi connectivity index (χ3v) is 3.92. The molecule has 1 aromatic carbocycles. The van der Waals surface area contributed by atoms with Crippen LogP contribution in [0.1, 0.15) is 36.3 Å². The van der Waals surface area contributed by atoms with E-state index in [-0.39, 0.29) is 11.8 Å². The standard InChI is InChI=1S/C15H17NO3S/c1-3-10(2)19-8-11-4-6-12(7-5-11)14-16-13(9-20-14)15(17)18/h4-7,9-10H,3,8H2,1-2H3,(H,17,18). The molecule has 20 heavy (non-hydrogen) atoms. The average molecular weight is 291 g/mol. The summed E-state index contributed by atoms with van der Waals surface area (Å²) in [6.07, 6.45) is 1.25. The molecule has 0 fully saturated rings. The molecular formula is C15H17NO3S. The highest BCUT2D eigenvalue weighted by Crippen LogP contribution is 2.24. The van der Waals surface area contributed by atoms with Gasteiger partial charge in [0.1, 0.15) is 5.01 Å². The van der Waals surface area contributed by atoms with Crippen molar-refractivity contribution >= 4 is 17.3 Å². The molecule has 2 rings (SSSR count). The van der Waals surface area contributed by atoms with Crippen LogP contribution in [0.15, 0.2) is 29.6 Å². The number of carboxylic acids is 1. The van der Waals surface area contributed by atoms with Gasteiger partial charge in [0.2, 0.25) is 0 Å². The topological polar surface area (TPSA) is 59.4 Å². The number of benzene rings is 1. The van der Waals surface area contributed by atoms with E-state index in [0.29, 0.717) is 6.61 Å². The van der Waals surface area contributed by atoms with Crippen molar-refractivity contribution in [2.75, 3.05) is 0 Å². The van der Waals surface area contributed by atoms with Crippen LogP contribution in [0.3, 0.4) is 0 Å². The quantitative estimate of drug-likeness (QED) is 0.879. The molecule has 1 unspecified atom stereocenters. The molecule has 5 heteroatoms. The highest BCUT2D eigenvalue weighted by Gasteiger charge is 2.10. The number of carboxylic acid groups (broad SMARTS) is 1. The largest absolute Gasteiger partial charge is 0.476 e. The Morgan fingerprint density at radius 3 is 2.65 bits per heavy atom. The Labute approximate surface area is 122 Å². The Balaban J connectivity index is 2.05. The predicted octanol–water partition coefficient (Wildman–Crippen LogP) is 3.82. The van der Waals surface area contributed by atoms with Crippen LogP contribution in [0.25, 0.3) is 10.6 Å². The van der Waals surface area contributed by atoms with Gasteiger partial charge < -0.3 is 9.84 Å². The SMILES string of the molecule is CCC(C)OCc1ccc(-c2nc(C(=O)O)cs2)cc1. The lowest BCUT2D eigenvalue weighted by Crippen LogP contribution is -2.05. The molecule has 1 atom stereocenters. The third kappa shape index (κ3) is 3.65. The highest BCUT2D eigenvalue weighted by molar-refractivity contribution is 7.13. The van der Waals surface area contributed by atoms with E-state index in [9.17, 15) is 4.79 Å². The lowest BCUT2D eigenvalue weighted by molar-refractivity contribution is 0.0508. The monoisotopic (exact) mass is 291 g/mol. The molecule has 0 spiro atoms. The number of nitrogens with zero attached hydrogens (tertiary/aromatic N) is 1. The van der Waals surface area contributed by atoms with Crippen molar-refractivity contribution in [3.63, 3.8) is 0 Å². The summed E-state index contributed by atoms with van der Waals surface area (Å²) in [5.41, 5.74) is 2.12. The summed E-state index contributed by atoms with van der Waals surface area (Å²) < 4.78 is 5.67. The van der Waals surface area contributed by atoms with Crippen LogP contribution in [0.4, 0.5) is 0 Å². The summed E-state index contributed by atoms with van der Waals surface area (Å²) in [4.78, 5) is 14.9. The summed E-state index contributed by atoms with van der Waals surface area (Å²) >= 11 is 1.34. The maximum Gasteiger partial charge on any atom is 0.355 e. The maximum atomic E-state index is 10.8. The van der Waals surface area contributed by atoms with Gasteiger partial charge in [0.15, 0.2) is 5.69 Å². The van der Waals surface area contributed by atoms with Gasteiger partial charge in [-0.15, -0.1) is 11.3 Å². The van der Waals surface area contributed by atoms with Gasteiger partial charge in [-0.2, -0.15) is 0 Å². The van der Waals surface area contributed by atoms with Crippen molar-refractivity contribution in [2.45, 2.75) is 33.0 Å². The number of thiazole rings is 1. The first-order chi connectivity index (χ1) is 9.60. The summed E-state index contributed by atoms with van der Waals surface area (Å²) in [6.45, 7) is 4.74. The minimum Gasteiger partial charge on any atom is -0.476 e. The number of rotatable bonds is 6. The summed E-state index contributed by atoms with van der Waals surface area (Å²) in [5, 5.41) is 11.1. The minimum absolute atomic E-state index is 0.0918. The van der Waals surface area contributed by atoms with E-state index in [1.54, 1.807) is 5.38 Å². The zero-order valence-electron chi connectivity index (χ0n) is 11.5. The first-order valence-corrected chi connectivity index (χ1v) is 7.38. The summed E-state index contributed by atoms with van der Waals surface area (Å²) in [6, 6.07) is 7.86. The van der Waals surface area contributed by atoms with Gasteiger partial charge in [-0.3, -0.25) is 0 Å². The second-order valence-electron chi connectivity index (χ2n) is 4.57. The molecule has 2 aromatic rings. The molecule has 0 aliphatic rings. The van der Waals surface area contributed by atoms with Gasteiger partial charge >= 0.3 is 5.97 Å². The second kappa shape index (κ2) is 6.63. The molecule has 1 aromatic heterocycles. The fourth-order valence-corrected chi connectivity index (χ4v) is 2.40. The van der Waals surface area contributed by atoms with Crippen molar-refractivity contribution in [3.8, 4) is 10.6 Å². The van der Waals surface area contributed by atoms with E-state index < -0.39 is 5.97 Å². The fourth-order valence-electron chi connectivity index (χ4n) is 1.60. The zero-order valence-corrected chi connectivity index (χ0v) is 12.3. The molecule has 106 valence electrons. The third-order valence-electron chi connectivity index (χ3n) is 3.03. The number of hydrogen-bond acceptors (Lipinski definition) is 4. The molecule has 0 saturated heterocycles. The van der Waals surface area contributed by atoms with Crippen molar-refractivity contribution in [1.29, 1.82) is 0 Å². The molecule has 1 N–H and O–H groups in total. The fraction of sp³-hybridized carbons (Fsp3) is 0.333. The molecular weight excluding hydrogens is 274 g/mol. The molecule has 0 amide bonds. The number of carbonyl (C=O) groups is 1. The van der Waals surface area contributed by atoms with Crippen LogP contribution in [-0.4, -0.2) is 22.2 Å². The van der Waals surface area contributed by atoms with E-state index in [4.69, 9.17) is 9.84 Å². The minimum atomic E-state index is -0.994. The average Bonchev–Trinajstić information content (AvgIpc) is 2.95. The lowest BCUT2D eigenvalue weighted by Gasteiger charge is -2.10. The van der Waals surface area contributed by atoms with Crippen LogP contribution in [0, 0.1) is 0 Å². The van der Waals surface area contributed by atoms with Gasteiger partial charge in [0, 0.05) is 10.9 Å². The number of ether oxygens (including phenoxy) is 1. The maximum absolute atomic E-state index is 10.8. The van der Waals surface area contributed by atoms with Gasteiger partial charge in [-0.25, -0.2) is 9.78 Å². The second-order valence-corrected chi connectivity index (χ2v) is 5.43. The Kier molecular flexibility index (Phi) is 4.87. The van der Waals surface area contributed by atoms with Crippen molar-refractivity contribution in [2.24, 2.45) is 0 Å². The Morgan fingerprint density at radius 2 is 2.10 bits per heavy atom. The van der Waals surface area contributed by atoms with E-state index in [2.05, 4.69) is 18.8 Å². The van der Waals surface area contributed by atoms with E-state index in [1.807, 2.05) is 24.3 Å². The van der Waals surface area contributed by atoms with E-state index in [0.717, 1.165) is 22.6 Å². The van der Waals surface area contributed by atoms with Crippen LogP contribution in [-0.2, 0) is 11.3 Å². The van der Waals surface area contributed by atoms with Crippen molar-refractivity contribution in [1.82, 2.24) is 4.98 Å². The highest BCUT2D eigenvalue weighted by atomic mass is 32.1. The smallest absolute Gasteiger partial charge is 0.355 e. The van der Waals surface area contributed by atoms with Crippen LogP contribution in [0.2, 0.25) is 0 Å². The molecule has 1 heterocycles. The van der Waals surface area contributed by atoms with Crippen molar-refractivity contribution < 1.29 is 14.6 Å². The first-order valence-electron chi connectivity index (χ1n) is 6.50. The summed E-state index contributed by atoms with van der Waals surface area (Å²) in [7, 11) is 0. The van der Waals surface area contributed by atoms with E-state index in [1.165, 1.54) is 11.3 Å². The lowest BCUT2D eigenvalue weighted by atomic mass is 10.1. The van der Waals surface area contributed by atoms with Gasteiger partial charge in [0.05, 0.1) is 12.7 Å². The molecule has 0 aliphatic carbocycles. The predicted molar refractivity (Wildman–Crippen MR) is 79.1 cm³/mol. The number of aromatic nitrogens is 1. The molecule has 0 aliphatic heterocycles. The van der Waals surface area contributed by atoms with Crippen molar-refractivity contribution in [3.05, 3.63) is 40.9 Å².